The highest BCUT2D eigenvalue weighted by Gasteiger charge is 2.30. The average molecular weight is 610 g/mol. The Balaban J connectivity index is 0.000000162. The highest BCUT2D eigenvalue weighted by atomic mass is 35.5. The summed E-state index contributed by atoms with van der Waals surface area (Å²) >= 11 is 5.95. The van der Waals surface area contributed by atoms with Gasteiger partial charge >= 0.3 is 6.18 Å². The van der Waals surface area contributed by atoms with Gasteiger partial charge in [-0.2, -0.15) is 13.2 Å². The Hall–Kier alpha value is -4.95. The van der Waals surface area contributed by atoms with E-state index in [-0.39, 0.29) is 5.82 Å². The van der Waals surface area contributed by atoms with Gasteiger partial charge in [-0.3, -0.25) is 4.98 Å². The third kappa shape index (κ3) is 5.94. The second kappa shape index (κ2) is 11.6. The molecule has 3 aromatic heterocycles. The number of para-hydroxylation sites is 1. The summed E-state index contributed by atoms with van der Waals surface area (Å²) in [6, 6.07) is 27.2. The van der Waals surface area contributed by atoms with Crippen LogP contribution in [-0.4, -0.2) is 15.0 Å². The van der Waals surface area contributed by atoms with Crippen LogP contribution in [-0.2, 0) is 19.0 Å². The molecular formula is C35H27ClF3N5. The number of aromatic nitrogens is 3. The lowest BCUT2D eigenvalue weighted by atomic mass is 10.0. The number of nitrogens with zero attached hydrogens (tertiary/aromatic N) is 3. The average Bonchev–Trinajstić information content (AvgIpc) is 3.00. The maximum Gasteiger partial charge on any atom is 0.416 e. The van der Waals surface area contributed by atoms with Crippen LogP contribution in [0.25, 0.3) is 43.5 Å². The summed E-state index contributed by atoms with van der Waals surface area (Å²) in [6.45, 7) is 2.06. The Labute approximate surface area is 256 Å². The summed E-state index contributed by atoms with van der Waals surface area (Å²) in [4.78, 5) is 13.2. The highest BCUT2D eigenvalue weighted by molar-refractivity contribution is 6.30. The van der Waals surface area contributed by atoms with Crippen LogP contribution in [0, 0.1) is 6.92 Å². The van der Waals surface area contributed by atoms with Crippen LogP contribution < -0.4 is 11.5 Å². The first-order valence-electron chi connectivity index (χ1n) is 13.9. The van der Waals surface area contributed by atoms with E-state index in [2.05, 4.69) is 58.3 Å². The highest BCUT2D eigenvalue weighted by Crippen LogP contribution is 2.35. The van der Waals surface area contributed by atoms with Gasteiger partial charge in [-0.15, -0.1) is 0 Å². The van der Waals surface area contributed by atoms with Crippen molar-refractivity contribution in [3.8, 4) is 0 Å². The fourth-order valence-corrected chi connectivity index (χ4v) is 5.42. The van der Waals surface area contributed by atoms with Gasteiger partial charge in [0.2, 0.25) is 0 Å². The van der Waals surface area contributed by atoms with Gasteiger partial charge in [0.25, 0.3) is 0 Å². The molecule has 44 heavy (non-hydrogen) atoms. The van der Waals surface area contributed by atoms with E-state index >= 15 is 0 Å². The van der Waals surface area contributed by atoms with Gasteiger partial charge in [0.05, 0.1) is 16.6 Å². The molecule has 4 aromatic carbocycles. The van der Waals surface area contributed by atoms with E-state index in [4.69, 9.17) is 23.1 Å². The first-order chi connectivity index (χ1) is 21.1. The van der Waals surface area contributed by atoms with Crippen molar-refractivity contribution >= 4 is 66.7 Å². The van der Waals surface area contributed by atoms with Crippen LogP contribution in [0.1, 0.15) is 22.3 Å². The van der Waals surface area contributed by atoms with E-state index in [0.717, 1.165) is 57.2 Å². The fourth-order valence-electron chi connectivity index (χ4n) is 5.29. The molecule has 0 saturated heterocycles. The van der Waals surface area contributed by atoms with Crippen molar-refractivity contribution in [2.24, 2.45) is 0 Å². The van der Waals surface area contributed by atoms with Crippen LogP contribution >= 0.6 is 11.6 Å². The van der Waals surface area contributed by atoms with E-state index in [1.54, 1.807) is 6.07 Å². The van der Waals surface area contributed by atoms with E-state index in [1.165, 1.54) is 22.8 Å². The zero-order valence-corrected chi connectivity index (χ0v) is 24.4. The Morgan fingerprint density at radius 1 is 0.659 bits per heavy atom. The van der Waals surface area contributed by atoms with Crippen molar-refractivity contribution in [2.75, 3.05) is 11.5 Å². The lowest BCUT2D eigenvalue weighted by molar-refractivity contribution is -0.137. The van der Waals surface area contributed by atoms with Gasteiger partial charge < -0.3 is 11.5 Å². The number of hydrogen-bond acceptors (Lipinski definition) is 5. The molecule has 7 aromatic rings. The molecule has 0 radical (unpaired) electrons. The number of rotatable bonds is 3. The molecule has 0 unspecified atom stereocenters. The van der Waals surface area contributed by atoms with Crippen molar-refractivity contribution in [3.63, 3.8) is 0 Å². The molecular weight excluding hydrogens is 583 g/mol. The monoisotopic (exact) mass is 609 g/mol. The minimum absolute atomic E-state index is 0.111. The number of aryl methyl sites for hydroxylation is 3. The number of pyridine rings is 3. The first-order valence-corrected chi connectivity index (χ1v) is 14.3. The SMILES string of the molecule is Cc1ccc2c(c1)nc(N)c1ncc(CCc3ccc(Cl)cc3)cc12.Nc1nc2ccccc2c2ccc(C(F)(F)F)cc12. The third-order valence-electron chi connectivity index (χ3n) is 7.54. The maximum absolute atomic E-state index is 12.7. The van der Waals surface area contributed by atoms with Crippen molar-refractivity contribution in [3.05, 3.63) is 124 Å². The maximum atomic E-state index is 12.7. The minimum Gasteiger partial charge on any atom is -0.383 e. The Bertz CT molecular complexity index is 2160. The second-order valence-corrected chi connectivity index (χ2v) is 11.1. The van der Waals surface area contributed by atoms with E-state index in [1.807, 2.05) is 36.5 Å². The van der Waals surface area contributed by atoms with Crippen LogP contribution in [0.5, 0.6) is 0 Å². The van der Waals surface area contributed by atoms with Gasteiger partial charge in [-0.1, -0.05) is 60.1 Å². The molecule has 5 nitrogen and oxygen atoms in total. The lowest BCUT2D eigenvalue weighted by Gasteiger charge is -2.10. The van der Waals surface area contributed by atoms with Crippen LogP contribution in [0.2, 0.25) is 5.02 Å². The van der Waals surface area contributed by atoms with Gasteiger partial charge in [0, 0.05) is 32.8 Å². The molecule has 9 heteroatoms. The topological polar surface area (TPSA) is 90.7 Å². The van der Waals surface area contributed by atoms with Crippen molar-refractivity contribution < 1.29 is 13.2 Å². The van der Waals surface area contributed by atoms with Gasteiger partial charge in [0.15, 0.2) is 5.82 Å². The Kier molecular flexibility index (Phi) is 7.69. The zero-order chi connectivity index (χ0) is 31.0. The molecule has 0 fully saturated rings. The van der Waals surface area contributed by atoms with Crippen LogP contribution in [0.15, 0.2) is 97.2 Å². The number of alkyl halides is 3. The van der Waals surface area contributed by atoms with Crippen molar-refractivity contribution in [1.82, 2.24) is 15.0 Å². The van der Waals surface area contributed by atoms with Gasteiger partial charge in [-0.05, 0) is 84.3 Å². The third-order valence-corrected chi connectivity index (χ3v) is 7.80. The molecule has 3 heterocycles. The number of nitrogen functional groups attached to an aromatic ring is 2. The second-order valence-electron chi connectivity index (χ2n) is 10.7. The van der Waals surface area contributed by atoms with Crippen LogP contribution in [0.4, 0.5) is 24.8 Å². The first kappa shape index (κ1) is 29.1. The number of anilines is 2. The fraction of sp³-hybridized carbons (Fsp3) is 0.114. The summed E-state index contributed by atoms with van der Waals surface area (Å²) in [7, 11) is 0. The van der Waals surface area contributed by atoms with E-state index in [0.29, 0.717) is 22.1 Å². The van der Waals surface area contributed by atoms with E-state index < -0.39 is 11.7 Å². The molecule has 0 saturated carbocycles. The summed E-state index contributed by atoms with van der Waals surface area (Å²) < 4.78 is 38.1. The molecule has 0 aliphatic carbocycles. The summed E-state index contributed by atoms with van der Waals surface area (Å²) in [5.74, 6) is 0.595. The number of fused-ring (bicyclic) bond motifs is 6. The molecule has 0 atom stereocenters. The normalized spacial score (nSPS) is 11.7. The summed E-state index contributed by atoms with van der Waals surface area (Å²) in [6.07, 6.45) is -0.620. The largest absolute Gasteiger partial charge is 0.416 e. The summed E-state index contributed by atoms with van der Waals surface area (Å²) in [5, 5.41) is 4.72. The van der Waals surface area contributed by atoms with Crippen molar-refractivity contribution in [1.29, 1.82) is 0 Å². The summed E-state index contributed by atoms with van der Waals surface area (Å²) in [5.41, 5.74) is 17.1. The number of hydrogen-bond donors (Lipinski definition) is 2. The van der Waals surface area contributed by atoms with Crippen LogP contribution in [0.3, 0.4) is 0 Å². The smallest absolute Gasteiger partial charge is 0.383 e. The van der Waals surface area contributed by atoms with E-state index in [9.17, 15) is 13.2 Å². The molecule has 0 bridgehead atoms. The zero-order valence-electron chi connectivity index (χ0n) is 23.7. The molecule has 220 valence electrons. The standard InChI is InChI=1S/C21H18ClN3.C14H9F3N2/c1-13-2-9-17-18-11-15(4-3-14-5-7-16(22)8-6-14)12-24-20(18)21(23)25-19(17)10-13;15-14(16,17)8-5-6-9-10-3-1-2-4-12(10)19-13(18)11(9)7-8/h2,5-12H,3-4H2,1H3,(H2,23,25);1-7H,(H2,18,19). The predicted octanol–water partition coefficient (Wildman–Crippen LogP) is 9.10. The molecule has 4 N–H and O–H groups in total. The quantitative estimate of drug-likeness (QED) is 0.195. The number of benzene rings is 4. The lowest BCUT2D eigenvalue weighted by Crippen LogP contribution is -2.05. The molecule has 0 aliphatic rings. The number of halogens is 4. The van der Waals surface area contributed by atoms with Gasteiger partial charge in [0.1, 0.15) is 11.3 Å². The molecule has 0 aliphatic heterocycles. The number of nitrogens with two attached hydrogens (primary N) is 2. The Morgan fingerprint density at radius 2 is 1.34 bits per heavy atom. The molecule has 7 rings (SSSR count). The predicted molar refractivity (Wildman–Crippen MR) is 174 cm³/mol. The molecule has 0 spiro atoms. The minimum atomic E-state index is -4.38. The molecule has 0 amide bonds. The Morgan fingerprint density at radius 3 is 2.11 bits per heavy atom. The van der Waals surface area contributed by atoms with Crippen molar-refractivity contribution in [2.45, 2.75) is 25.9 Å². The van der Waals surface area contributed by atoms with Gasteiger partial charge in [-0.25, -0.2) is 9.97 Å².